The zero-order valence-corrected chi connectivity index (χ0v) is 15.2. The third-order valence-corrected chi connectivity index (χ3v) is 4.62. The number of nitrogens with zero attached hydrogens (tertiary/aromatic N) is 1. The van der Waals surface area contributed by atoms with Crippen molar-refractivity contribution < 1.29 is 9.18 Å². The van der Waals surface area contributed by atoms with Crippen molar-refractivity contribution in [2.24, 2.45) is 0 Å². The summed E-state index contributed by atoms with van der Waals surface area (Å²) in [6.07, 6.45) is 1.94. The molecule has 0 fully saturated rings. The highest BCUT2D eigenvalue weighted by atomic mass is 32.2. The smallest absolute Gasteiger partial charge is 0.255 e. The minimum Gasteiger partial charge on any atom is -0.356 e. The van der Waals surface area contributed by atoms with E-state index in [1.54, 1.807) is 19.1 Å². The average molecular weight is 363 g/mol. The maximum absolute atomic E-state index is 12.9. The van der Waals surface area contributed by atoms with Gasteiger partial charge in [-0.1, -0.05) is 37.2 Å². The summed E-state index contributed by atoms with van der Waals surface area (Å²) in [4.78, 5) is 31.2. The van der Waals surface area contributed by atoms with E-state index in [9.17, 15) is 14.0 Å². The van der Waals surface area contributed by atoms with Crippen LogP contribution < -0.4 is 10.9 Å². The molecule has 0 aliphatic heterocycles. The first kappa shape index (κ1) is 19.2. The van der Waals surface area contributed by atoms with Crippen LogP contribution >= 0.6 is 11.8 Å². The minimum absolute atomic E-state index is 0.0286. The predicted molar refractivity (Wildman–Crippen MR) is 97.2 cm³/mol. The lowest BCUT2D eigenvalue weighted by Gasteiger charge is -2.08. The van der Waals surface area contributed by atoms with Gasteiger partial charge in [-0.25, -0.2) is 9.37 Å². The molecule has 2 N–H and O–H groups in total. The Morgan fingerprint density at radius 3 is 2.68 bits per heavy atom. The number of carbonyl (C=O) groups excluding carboxylic acids is 1. The average Bonchev–Trinajstić information content (AvgIpc) is 2.58. The van der Waals surface area contributed by atoms with Crippen molar-refractivity contribution in [3.05, 3.63) is 57.3 Å². The van der Waals surface area contributed by atoms with E-state index in [2.05, 4.69) is 15.3 Å². The molecule has 25 heavy (non-hydrogen) atoms. The third kappa shape index (κ3) is 6.01. The summed E-state index contributed by atoms with van der Waals surface area (Å²) in [5, 5.41) is 3.28. The highest BCUT2D eigenvalue weighted by molar-refractivity contribution is 7.98. The van der Waals surface area contributed by atoms with Gasteiger partial charge in [-0.3, -0.25) is 9.59 Å². The molecule has 0 aliphatic carbocycles. The van der Waals surface area contributed by atoms with Gasteiger partial charge in [-0.05, 0) is 31.0 Å². The maximum atomic E-state index is 12.9. The van der Waals surface area contributed by atoms with Crippen molar-refractivity contribution in [3.63, 3.8) is 0 Å². The number of rotatable bonds is 8. The molecule has 5 nitrogen and oxygen atoms in total. The number of carbonyl (C=O) groups is 1. The van der Waals surface area contributed by atoms with Gasteiger partial charge < -0.3 is 10.3 Å². The first-order valence-corrected chi connectivity index (χ1v) is 9.22. The number of H-pyrrole nitrogens is 1. The van der Waals surface area contributed by atoms with E-state index >= 15 is 0 Å². The fourth-order valence-corrected chi connectivity index (χ4v) is 3.08. The topological polar surface area (TPSA) is 74.8 Å². The highest BCUT2D eigenvalue weighted by Gasteiger charge is 2.12. The summed E-state index contributed by atoms with van der Waals surface area (Å²) in [7, 11) is 0. The maximum Gasteiger partial charge on any atom is 0.255 e. The second-order valence-electron chi connectivity index (χ2n) is 5.73. The lowest BCUT2D eigenvalue weighted by Crippen LogP contribution is -2.29. The number of hydrogen-bond acceptors (Lipinski definition) is 4. The van der Waals surface area contributed by atoms with Gasteiger partial charge in [0.15, 0.2) is 5.16 Å². The monoisotopic (exact) mass is 363 g/mol. The summed E-state index contributed by atoms with van der Waals surface area (Å²) >= 11 is 1.36. The van der Waals surface area contributed by atoms with Gasteiger partial charge in [0.25, 0.3) is 5.56 Å². The largest absolute Gasteiger partial charge is 0.356 e. The first-order valence-electron chi connectivity index (χ1n) is 8.23. The van der Waals surface area contributed by atoms with Gasteiger partial charge in [0, 0.05) is 23.6 Å². The highest BCUT2D eigenvalue weighted by Crippen LogP contribution is 2.19. The zero-order valence-electron chi connectivity index (χ0n) is 14.4. The van der Waals surface area contributed by atoms with E-state index in [4.69, 9.17) is 0 Å². The molecule has 2 rings (SSSR count). The number of thioether (sulfide) groups is 1. The van der Waals surface area contributed by atoms with Gasteiger partial charge >= 0.3 is 0 Å². The number of aromatic nitrogens is 2. The quantitative estimate of drug-likeness (QED) is 0.430. The van der Waals surface area contributed by atoms with Gasteiger partial charge in [0.1, 0.15) is 5.82 Å². The molecule has 0 spiro atoms. The van der Waals surface area contributed by atoms with Crippen LogP contribution in [-0.2, 0) is 17.0 Å². The normalized spacial score (nSPS) is 10.7. The number of nitrogens with one attached hydrogen (secondary N) is 2. The van der Waals surface area contributed by atoms with E-state index in [0.717, 1.165) is 18.4 Å². The van der Waals surface area contributed by atoms with Gasteiger partial charge in [0.05, 0.1) is 6.42 Å². The van der Waals surface area contributed by atoms with Crippen LogP contribution in [-0.4, -0.2) is 22.4 Å². The SMILES string of the molecule is CCCCNC(=O)Cc1c(C)nc(SCc2ccc(F)cc2)[nH]c1=O. The summed E-state index contributed by atoms with van der Waals surface area (Å²) in [5.74, 6) is 0.118. The number of unbranched alkanes of at least 4 members (excludes halogenated alkanes) is 1. The molecule has 1 aromatic heterocycles. The van der Waals surface area contributed by atoms with Crippen molar-refractivity contribution in [1.29, 1.82) is 0 Å². The molecule has 7 heteroatoms. The molecule has 0 saturated heterocycles. The second-order valence-corrected chi connectivity index (χ2v) is 6.69. The molecule has 0 saturated carbocycles. The molecule has 0 unspecified atom stereocenters. The molecule has 0 radical (unpaired) electrons. The van der Waals surface area contributed by atoms with Gasteiger partial charge in [-0.2, -0.15) is 0 Å². The van der Waals surface area contributed by atoms with E-state index in [-0.39, 0.29) is 23.7 Å². The number of amides is 1. The number of halogens is 1. The van der Waals surface area contributed by atoms with Crippen molar-refractivity contribution in [1.82, 2.24) is 15.3 Å². The van der Waals surface area contributed by atoms with Crippen LogP contribution in [0.2, 0.25) is 0 Å². The molecule has 0 aliphatic rings. The molecule has 134 valence electrons. The van der Waals surface area contributed by atoms with Crippen LogP contribution in [0.5, 0.6) is 0 Å². The van der Waals surface area contributed by atoms with E-state index in [0.29, 0.717) is 28.7 Å². The van der Waals surface area contributed by atoms with E-state index in [1.165, 1.54) is 23.9 Å². The van der Waals surface area contributed by atoms with Crippen LogP contribution in [0.1, 0.15) is 36.6 Å². The fourth-order valence-electron chi connectivity index (χ4n) is 2.22. The van der Waals surface area contributed by atoms with Crippen LogP contribution in [0.3, 0.4) is 0 Å². The Kier molecular flexibility index (Phi) is 7.18. The Hall–Kier alpha value is -2.15. The van der Waals surface area contributed by atoms with Crippen LogP contribution in [0.15, 0.2) is 34.2 Å². The molecular formula is C18H22FN3O2S. The summed E-state index contributed by atoms with van der Waals surface area (Å²) in [5.41, 5.74) is 1.59. The van der Waals surface area contributed by atoms with Crippen molar-refractivity contribution in [2.45, 2.75) is 44.0 Å². The van der Waals surface area contributed by atoms with Crippen LogP contribution in [0.4, 0.5) is 4.39 Å². The number of aryl methyl sites for hydroxylation is 1. The van der Waals surface area contributed by atoms with Crippen molar-refractivity contribution in [3.8, 4) is 0 Å². The first-order chi connectivity index (χ1) is 12.0. The van der Waals surface area contributed by atoms with Crippen molar-refractivity contribution in [2.75, 3.05) is 6.54 Å². The van der Waals surface area contributed by atoms with Crippen molar-refractivity contribution >= 4 is 17.7 Å². The Balaban J connectivity index is 2.00. The second kappa shape index (κ2) is 9.36. The standard InChI is InChI=1S/C18H22FN3O2S/c1-3-4-9-20-16(23)10-15-12(2)21-18(22-17(15)24)25-11-13-5-7-14(19)8-6-13/h5-8H,3-4,9-11H2,1-2H3,(H,20,23)(H,21,22,24). The van der Waals surface area contributed by atoms with Crippen LogP contribution in [0, 0.1) is 12.7 Å². The van der Waals surface area contributed by atoms with E-state index < -0.39 is 0 Å². The Morgan fingerprint density at radius 2 is 2.04 bits per heavy atom. The lowest BCUT2D eigenvalue weighted by molar-refractivity contribution is -0.120. The molecule has 1 amide bonds. The molecule has 2 aromatic rings. The van der Waals surface area contributed by atoms with Gasteiger partial charge in [0.2, 0.25) is 5.91 Å². The Morgan fingerprint density at radius 1 is 1.32 bits per heavy atom. The molecule has 0 atom stereocenters. The fraction of sp³-hybridized carbons (Fsp3) is 0.389. The molecule has 0 bridgehead atoms. The number of aromatic amines is 1. The lowest BCUT2D eigenvalue weighted by atomic mass is 10.1. The zero-order chi connectivity index (χ0) is 18.2. The molecule has 1 aromatic carbocycles. The molecular weight excluding hydrogens is 341 g/mol. The predicted octanol–water partition coefficient (Wildman–Crippen LogP) is 2.97. The Bertz CT molecular complexity index is 775. The summed E-state index contributed by atoms with van der Waals surface area (Å²) in [6, 6.07) is 6.19. The molecule has 1 heterocycles. The van der Waals surface area contributed by atoms with Gasteiger partial charge in [-0.15, -0.1) is 0 Å². The van der Waals surface area contributed by atoms with Crippen LogP contribution in [0.25, 0.3) is 0 Å². The number of benzene rings is 1. The minimum atomic E-state index is -0.292. The Labute approximate surface area is 150 Å². The summed E-state index contributed by atoms with van der Waals surface area (Å²) in [6.45, 7) is 4.39. The number of hydrogen-bond donors (Lipinski definition) is 2. The summed E-state index contributed by atoms with van der Waals surface area (Å²) < 4.78 is 12.9. The third-order valence-electron chi connectivity index (χ3n) is 3.68. The van der Waals surface area contributed by atoms with E-state index in [1.807, 2.05) is 6.92 Å².